The first-order valence-corrected chi connectivity index (χ1v) is 7.89. The van der Waals surface area contributed by atoms with E-state index >= 15 is 0 Å². The van der Waals surface area contributed by atoms with Crippen LogP contribution in [0.15, 0.2) is 30.6 Å². The van der Waals surface area contributed by atoms with Gasteiger partial charge in [-0.2, -0.15) is 10.1 Å². The highest BCUT2D eigenvalue weighted by Gasteiger charge is 2.23. The van der Waals surface area contributed by atoms with Gasteiger partial charge in [0.05, 0.1) is 5.52 Å². The normalized spacial score (nSPS) is 14.6. The van der Waals surface area contributed by atoms with Crippen molar-refractivity contribution < 1.29 is 4.39 Å². The number of fused-ring (bicyclic) bond motifs is 1. The van der Waals surface area contributed by atoms with Crippen LogP contribution >= 0.6 is 0 Å². The van der Waals surface area contributed by atoms with Gasteiger partial charge in [-0.1, -0.05) is 13.8 Å². The molecular formula is C17H18FN5. The molecule has 1 saturated carbocycles. The van der Waals surface area contributed by atoms with Gasteiger partial charge in [0.1, 0.15) is 11.6 Å². The van der Waals surface area contributed by atoms with Crippen LogP contribution in [0.1, 0.15) is 38.2 Å². The largest absolute Gasteiger partial charge is 0.367 e. The maximum Gasteiger partial charge on any atom is 0.253 e. The summed E-state index contributed by atoms with van der Waals surface area (Å²) in [6.45, 7) is 3.97. The molecule has 1 N–H and O–H groups in total. The minimum atomic E-state index is -0.227. The Hall–Kier alpha value is -2.50. The van der Waals surface area contributed by atoms with Crippen LogP contribution in [0.5, 0.6) is 0 Å². The maximum atomic E-state index is 14.3. The monoisotopic (exact) mass is 311 g/mol. The Balaban J connectivity index is 1.93. The molecule has 0 unspecified atom stereocenters. The van der Waals surface area contributed by atoms with Crippen molar-refractivity contribution in [1.29, 1.82) is 0 Å². The minimum absolute atomic E-state index is 0.110. The quantitative estimate of drug-likeness (QED) is 0.799. The van der Waals surface area contributed by atoms with Crippen molar-refractivity contribution in [1.82, 2.24) is 19.7 Å². The van der Waals surface area contributed by atoms with Crippen LogP contribution in [0.25, 0.3) is 16.9 Å². The van der Waals surface area contributed by atoms with Crippen molar-refractivity contribution in [3.8, 4) is 5.95 Å². The molecule has 5 nitrogen and oxygen atoms in total. The second-order valence-corrected chi connectivity index (χ2v) is 6.29. The first kappa shape index (κ1) is 14.1. The third-order valence-electron chi connectivity index (χ3n) is 4.05. The lowest BCUT2D eigenvalue weighted by Gasteiger charge is -2.13. The molecule has 1 aliphatic carbocycles. The van der Waals surface area contributed by atoms with Gasteiger partial charge in [0, 0.05) is 29.9 Å². The molecule has 0 aliphatic heterocycles. The van der Waals surface area contributed by atoms with Crippen LogP contribution in [0.2, 0.25) is 0 Å². The lowest BCUT2D eigenvalue weighted by molar-refractivity contribution is 0.600. The van der Waals surface area contributed by atoms with Gasteiger partial charge in [-0.25, -0.2) is 14.1 Å². The SMILES string of the molecule is CC(C)c1cc2c(NC3CC3)nc(-n3cccn3)nc2cc1F. The zero-order valence-electron chi connectivity index (χ0n) is 13.1. The Labute approximate surface area is 133 Å². The van der Waals surface area contributed by atoms with E-state index in [-0.39, 0.29) is 11.7 Å². The van der Waals surface area contributed by atoms with Crippen LogP contribution in [0.3, 0.4) is 0 Å². The zero-order chi connectivity index (χ0) is 16.0. The van der Waals surface area contributed by atoms with E-state index in [1.165, 1.54) is 6.07 Å². The zero-order valence-corrected chi connectivity index (χ0v) is 13.1. The average Bonchev–Trinajstić information content (AvgIpc) is 3.15. The topological polar surface area (TPSA) is 55.6 Å². The predicted molar refractivity (Wildman–Crippen MR) is 87.4 cm³/mol. The van der Waals surface area contributed by atoms with E-state index in [1.807, 2.05) is 26.0 Å². The molecule has 0 saturated heterocycles. The Morgan fingerprint density at radius 1 is 1.26 bits per heavy atom. The van der Waals surface area contributed by atoms with E-state index in [0.29, 0.717) is 23.1 Å². The van der Waals surface area contributed by atoms with Gasteiger partial charge in [-0.15, -0.1) is 0 Å². The van der Waals surface area contributed by atoms with E-state index in [1.54, 1.807) is 17.1 Å². The summed E-state index contributed by atoms with van der Waals surface area (Å²) in [5.41, 5.74) is 1.28. The van der Waals surface area contributed by atoms with Gasteiger partial charge in [-0.3, -0.25) is 0 Å². The summed E-state index contributed by atoms with van der Waals surface area (Å²) in [6.07, 6.45) is 5.73. The van der Waals surface area contributed by atoms with E-state index in [9.17, 15) is 4.39 Å². The Morgan fingerprint density at radius 3 is 2.74 bits per heavy atom. The Bertz CT molecular complexity index is 853. The smallest absolute Gasteiger partial charge is 0.253 e. The van der Waals surface area contributed by atoms with Crippen LogP contribution in [0, 0.1) is 5.82 Å². The molecule has 2 heterocycles. The highest BCUT2D eigenvalue weighted by molar-refractivity contribution is 5.90. The fourth-order valence-corrected chi connectivity index (χ4v) is 2.62. The van der Waals surface area contributed by atoms with Crippen molar-refractivity contribution in [2.45, 2.75) is 38.6 Å². The summed E-state index contributed by atoms with van der Waals surface area (Å²) in [6, 6.07) is 5.63. The number of nitrogens with zero attached hydrogens (tertiary/aromatic N) is 4. The molecule has 0 bridgehead atoms. The van der Waals surface area contributed by atoms with Crippen molar-refractivity contribution in [2.24, 2.45) is 0 Å². The number of aromatic nitrogens is 4. The molecule has 1 aliphatic rings. The van der Waals surface area contributed by atoms with Gasteiger partial charge in [-0.05, 0) is 36.5 Å². The van der Waals surface area contributed by atoms with Gasteiger partial charge < -0.3 is 5.32 Å². The minimum Gasteiger partial charge on any atom is -0.367 e. The van der Waals surface area contributed by atoms with E-state index < -0.39 is 0 Å². The summed E-state index contributed by atoms with van der Waals surface area (Å²) in [7, 11) is 0. The summed E-state index contributed by atoms with van der Waals surface area (Å²) in [5, 5.41) is 8.46. The molecule has 0 radical (unpaired) electrons. The average molecular weight is 311 g/mol. The molecule has 4 rings (SSSR count). The Morgan fingerprint density at radius 2 is 2.09 bits per heavy atom. The predicted octanol–water partition coefficient (Wildman–Crippen LogP) is 3.65. The van der Waals surface area contributed by atoms with Crippen LogP contribution < -0.4 is 5.32 Å². The number of hydrogen-bond acceptors (Lipinski definition) is 4. The van der Waals surface area contributed by atoms with Crippen LogP contribution in [0.4, 0.5) is 10.2 Å². The second-order valence-electron chi connectivity index (χ2n) is 6.29. The van der Waals surface area contributed by atoms with Gasteiger partial charge in [0.15, 0.2) is 0 Å². The molecule has 0 amide bonds. The molecule has 0 atom stereocenters. The third kappa shape index (κ3) is 2.65. The molecule has 0 spiro atoms. The summed E-state index contributed by atoms with van der Waals surface area (Å²) in [4.78, 5) is 9.09. The number of hydrogen-bond donors (Lipinski definition) is 1. The van der Waals surface area contributed by atoms with Gasteiger partial charge in [0.25, 0.3) is 5.95 Å². The Kier molecular flexibility index (Phi) is 3.25. The molecule has 23 heavy (non-hydrogen) atoms. The fraction of sp³-hybridized carbons (Fsp3) is 0.353. The first-order valence-electron chi connectivity index (χ1n) is 7.89. The van der Waals surface area contributed by atoms with E-state index in [2.05, 4.69) is 20.4 Å². The number of nitrogens with one attached hydrogen (secondary N) is 1. The molecule has 3 aromatic rings. The van der Waals surface area contributed by atoms with Crippen LogP contribution in [-0.4, -0.2) is 25.8 Å². The summed E-state index contributed by atoms with van der Waals surface area (Å²) >= 11 is 0. The third-order valence-corrected chi connectivity index (χ3v) is 4.05. The fourth-order valence-electron chi connectivity index (χ4n) is 2.62. The summed E-state index contributed by atoms with van der Waals surface area (Å²) in [5.74, 6) is 1.08. The van der Waals surface area contributed by atoms with Gasteiger partial charge in [0.2, 0.25) is 0 Å². The van der Waals surface area contributed by atoms with Crippen molar-refractivity contribution >= 4 is 16.7 Å². The first-order chi connectivity index (χ1) is 11.1. The standard InChI is InChI=1S/C17H18FN5/c1-10(2)12-8-13-15(9-14(12)18)21-17(23-7-3-6-19-23)22-16(13)20-11-4-5-11/h3,6-11H,4-5H2,1-2H3,(H,20,21,22). The van der Waals surface area contributed by atoms with E-state index in [4.69, 9.17) is 0 Å². The van der Waals surface area contributed by atoms with Crippen molar-refractivity contribution in [3.05, 3.63) is 42.0 Å². The number of halogens is 1. The molecule has 1 fully saturated rings. The van der Waals surface area contributed by atoms with Crippen molar-refractivity contribution in [2.75, 3.05) is 5.32 Å². The summed E-state index contributed by atoms with van der Waals surface area (Å²) < 4.78 is 15.9. The van der Waals surface area contributed by atoms with Gasteiger partial charge >= 0.3 is 0 Å². The maximum absolute atomic E-state index is 14.3. The number of benzene rings is 1. The highest BCUT2D eigenvalue weighted by Crippen LogP contribution is 2.31. The highest BCUT2D eigenvalue weighted by atomic mass is 19.1. The number of rotatable bonds is 4. The second kappa shape index (κ2) is 5.30. The van der Waals surface area contributed by atoms with E-state index in [0.717, 1.165) is 24.0 Å². The van der Waals surface area contributed by atoms with Crippen molar-refractivity contribution in [3.63, 3.8) is 0 Å². The molecule has 6 heteroatoms. The molecule has 1 aromatic carbocycles. The number of anilines is 1. The molecular weight excluding hydrogens is 293 g/mol. The lowest BCUT2D eigenvalue weighted by Crippen LogP contribution is -2.09. The lowest BCUT2D eigenvalue weighted by atomic mass is 10.0. The molecule has 2 aromatic heterocycles. The van der Waals surface area contributed by atoms with Crippen LogP contribution in [-0.2, 0) is 0 Å². The molecule has 118 valence electrons.